The van der Waals surface area contributed by atoms with Crippen molar-refractivity contribution in [1.82, 2.24) is 4.57 Å². The van der Waals surface area contributed by atoms with Gasteiger partial charge in [0.15, 0.2) is 0 Å². The fourth-order valence-electron chi connectivity index (χ4n) is 1.89. The van der Waals surface area contributed by atoms with Gasteiger partial charge in [-0.2, -0.15) is 0 Å². The van der Waals surface area contributed by atoms with Gasteiger partial charge in [0.25, 0.3) is 0 Å². The highest BCUT2D eigenvalue weighted by molar-refractivity contribution is 6.39. The standard InChI is InChI=1S/C11H29NSi2/c1-6-10(3)12(11(4)7-2)14-9-8-13-5/h10-11H,6-9,13-14H2,1-5H3. The summed E-state index contributed by atoms with van der Waals surface area (Å²) in [4.78, 5) is 0. The first kappa shape index (κ1) is 14.4. The van der Waals surface area contributed by atoms with E-state index in [1.807, 2.05) is 0 Å². The molecule has 14 heavy (non-hydrogen) atoms. The molecule has 0 aliphatic heterocycles. The molecule has 0 aromatic rings. The van der Waals surface area contributed by atoms with Crippen LogP contribution in [0.2, 0.25) is 18.6 Å². The zero-order valence-corrected chi connectivity index (χ0v) is 13.7. The van der Waals surface area contributed by atoms with Gasteiger partial charge in [-0.15, -0.1) is 0 Å². The predicted octanol–water partition coefficient (Wildman–Crippen LogP) is 2.02. The summed E-state index contributed by atoms with van der Waals surface area (Å²) in [6, 6.07) is 4.80. The van der Waals surface area contributed by atoms with E-state index in [1.54, 1.807) is 12.1 Å². The van der Waals surface area contributed by atoms with Crippen LogP contribution in [-0.4, -0.2) is 35.8 Å². The van der Waals surface area contributed by atoms with Crippen molar-refractivity contribution in [1.29, 1.82) is 0 Å². The van der Waals surface area contributed by atoms with E-state index in [4.69, 9.17) is 0 Å². The van der Waals surface area contributed by atoms with E-state index in [0.29, 0.717) is 9.52 Å². The van der Waals surface area contributed by atoms with Gasteiger partial charge >= 0.3 is 0 Å². The Balaban J connectivity index is 3.97. The number of nitrogens with zero attached hydrogens (tertiary/aromatic N) is 1. The number of hydrogen-bond donors (Lipinski definition) is 0. The first-order chi connectivity index (χ1) is 6.67. The molecule has 0 bridgehead atoms. The van der Waals surface area contributed by atoms with Gasteiger partial charge in [-0.05, 0) is 24.9 Å². The molecule has 0 aliphatic rings. The number of rotatable bonds is 8. The van der Waals surface area contributed by atoms with E-state index in [-0.39, 0.29) is 9.68 Å². The molecule has 0 aromatic heterocycles. The normalized spacial score (nSPS) is 17.6. The molecular formula is C11H29NSi2. The second kappa shape index (κ2) is 8.68. The van der Waals surface area contributed by atoms with Gasteiger partial charge in [-0.1, -0.05) is 46.3 Å². The monoisotopic (exact) mass is 231 g/mol. The molecule has 1 nitrogen and oxygen atoms in total. The first-order valence-electron chi connectivity index (χ1n) is 6.43. The zero-order valence-electron chi connectivity index (χ0n) is 10.8. The van der Waals surface area contributed by atoms with E-state index in [1.165, 1.54) is 12.8 Å². The van der Waals surface area contributed by atoms with E-state index in [2.05, 4.69) is 38.8 Å². The molecular weight excluding hydrogens is 202 g/mol. The third kappa shape index (κ3) is 5.32. The van der Waals surface area contributed by atoms with Crippen molar-refractivity contribution in [3.8, 4) is 0 Å². The van der Waals surface area contributed by atoms with E-state index in [9.17, 15) is 0 Å². The minimum Gasteiger partial charge on any atom is -0.324 e. The van der Waals surface area contributed by atoms with Crippen molar-refractivity contribution in [2.45, 2.75) is 71.3 Å². The van der Waals surface area contributed by atoms with Crippen LogP contribution in [0.25, 0.3) is 0 Å². The van der Waals surface area contributed by atoms with Crippen LogP contribution in [0.5, 0.6) is 0 Å². The summed E-state index contributed by atoms with van der Waals surface area (Å²) in [5.74, 6) is 0. The Bertz CT molecular complexity index is 120. The minimum atomic E-state index is 0.0655. The van der Waals surface area contributed by atoms with Crippen LogP contribution in [0, 0.1) is 0 Å². The Morgan fingerprint density at radius 3 is 1.86 bits per heavy atom. The van der Waals surface area contributed by atoms with Crippen LogP contribution < -0.4 is 0 Å². The minimum absolute atomic E-state index is 0.0655. The molecule has 0 fully saturated rings. The lowest BCUT2D eigenvalue weighted by Crippen LogP contribution is -2.42. The Morgan fingerprint density at radius 2 is 1.50 bits per heavy atom. The summed E-state index contributed by atoms with van der Waals surface area (Å²) in [6.45, 7) is 11.9. The molecule has 0 saturated heterocycles. The SMILES string of the molecule is CCC(C)N([SiH2]CC[SiH2]C)C(C)CC. The molecule has 0 spiro atoms. The molecule has 0 aliphatic carbocycles. The average Bonchev–Trinajstić information content (AvgIpc) is 2.22. The van der Waals surface area contributed by atoms with Gasteiger partial charge in [0.2, 0.25) is 0 Å². The summed E-state index contributed by atoms with van der Waals surface area (Å²) in [5.41, 5.74) is 0. The lowest BCUT2D eigenvalue weighted by molar-refractivity contribution is 0.268. The summed E-state index contributed by atoms with van der Waals surface area (Å²) in [7, 11) is 0.383. The van der Waals surface area contributed by atoms with Gasteiger partial charge in [-0.25, -0.2) is 0 Å². The van der Waals surface area contributed by atoms with Crippen LogP contribution in [0.15, 0.2) is 0 Å². The van der Waals surface area contributed by atoms with Crippen molar-refractivity contribution in [2.75, 3.05) is 0 Å². The highest BCUT2D eigenvalue weighted by Gasteiger charge is 2.16. The summed E-state index contributed by atoms with van der Waals surface area (Å²) in [6.07, 6.45) is 2.64. The van der Waals surface area contributed by atoms with E-state index >= 15 is 0 Å². The largest absolute Gasteiger partial charge is 0.324 e. The summed E-state index contributed by atoms with van der Waals surface area (Å²) >= 11 is 0. The van der Waals surface area contributed by atoms with Gasteiger partial charge in [-0.3, -0.25) is 0 Å². The molecule has 0 aromatic carbocycles. The van der Waals surface area contributed by atoms with Crippen LogP contribution >= 0.6 is 0 Å². The Kier molecular flexibility index (Phi) is 8.93. The van der Waals surface area contributed by atoms with Crippen molar-refractivity contribution in [3.63, 3.8) is 0 Å². The quantitative estimate of drug-likeness (QED) is 0.456. The Morgan fingerprint density at radius 1 is 1.00 bits per heavy atom. The van der Waals surface area contributed by atoms with Gasteiger partial charge < -0.3 is 4.57 Å². The molecule has 2 unspecified atom stereocenters. The molecule has 0 N–H and O–H groups in total. The van der Waals surface area contributed by atoms with Gasteiger partial charge in [0.05, 0.1) is 9.68 Å². The number of hydrogen-bond acceptors (Lipinski definition) is 1. The maximum absolute atomic E-state index is 2.84. The molecule has 0 heterocycles. The third-order valence-electron chi connectivity index (χ3n) is 3.33. The van der Waals surface area contributed by atoms with Gasteiger partial charge in [0, 0.05) is 9.52 Å². The maximum atomic E-state index is 2.84. The first-order valence-corrected chi connectivity index (χ1v) is 10.5. The Hall–Kier alpha value is 0.394. The van der Waals surface area contributed by atoms with Gasteiger partial charge in [0.1, 0.15) is 0 Å². The second-order valence-electron chi connectivity index (χ2n) is 4.46. The molecule has 0 amide bonds. The molecule has 2 atom stereocenters. The average molecular weight is 232 g/mol. The van der Waals surface area contributed by atoms with Crippen molar-refractivity contribution < 1.29 is 0 Å². The molecule has 3 heteroatoms. The van der Waals surface area contributed by atoms with Crippen LogP contribution in [0.1, 0.15) is 40.5 Å². The summed E-state index contributed by atoms with van der Waals surface area (Å²) < 4.78 is 2.84. The lowest BCUT2D eigenvalue weighted by atomic mass is 10.2. The zero-order chi connectivity index (χ0) is 11.0. The van der Waals surface area contributed by atoms with Crippen molar-refractivity contribution in [2.24, 2.45) is 0 Å². The molecule has 86 valence electrons. The second-order valence-corrected chi connectivity index (χ2v) is 8.05. The molecule has 0 saturated carbocycles. The maximum Gasteiger partial charge on any atom is 0.0954 e. The van der Waals surface area contributed by atoms with Crippen LogP contribution in [0.4, 0.5) is 0 Å². The van der Waals surface area contributed by atoms with Crippen molar-refractivity contribution in [3.05, 3.63) is 0 Å². The van der Waals surface area contributed by atoms with Crippen molar-refractivity contribution >= 4 is 19.2 Å². The fourth-order valence-corrected chi connectivity index (χ4v) is 6.55. The highest BCUT2D eigenvalue weighted by Crippen LogP contribution is 2.11. The molecule has 0 rings (SSSR count). The molecule has 0 radical (unpaired) electrons. The lowest BCUT2D eigenvalue weighted by Gasteiger charge is -2.34. The summed E-state index contributed by atoms with van der Waals surface area (Å²) in [5, 5.41) is 0. The third-order valence-corrected chi connectivity index (χ3v) is 8.12. The van der Waals surface area contributed by atoms with E-state index in [0.717, 1.165) is 12.1 Å². The fraction of sp³-hybridized carbons (Fsp3) is 1.00. The Labute approximate surface area is 95.4 Å². The topological polar surface area (TPSA) is 3.24 Å². The van der Waals surface area contributed by atoms with Crippen LogP contribution in [0.3, 0.4) is 0 Å². The van der Waals surface area contributed by atoms with E-state index < -0.39 is 0 Å². The smallest absolute Gasteiger partial charge is 0.0954 e. The van der Waals surface area contributed by atoms with Crippen LogP contribution in [-0.2, 0) is 0 Å². The highest BCUT2D eigenvalue weighted by atomic mass is 28.2. The predicted molar refractivity (Wildman–Crippen MR) is 73.9 cm³/mol.